The van der Waals surface area contributed by atoms with Crippen molar-refractivity contribution in [3.05, 3.63) is 44.0 Å². The van der Waals surface area contributed by atoms with Crippen LogP contribution in [-0.2, 0) is 9.53 Å². The molecule has 1 atom stereocenters. The zero-order valence-corrected chi connectivity index (χ0v) is 11.1. The van der Waals surface area contributed by atoms with E-state index >= 15 is 0 Å². The lowest BCUT2D eigenvalue weighted by Crippen LogP contribution is -2.39. The van der Waals surface area contributed by atoms with Gasteiger partial charge in [0, 0.05) is 12.1 Å². The molecule has 0 fully saturated rings. The summed E-state index contributed by atoms with van der Waals surface area (Å²) < 4.78 is 4.40. The molecule has 0 aliphatic carbocycles. The van der Waals surface area contributed by atoms with Crippen LogP contribution in [-0.4, -0.2) is 34.9 Å². The van der Waals surface area contributed by atoms with Crippen molar-refractivity contribution in [2.45, 2.75) is 13.0 Å². The Morgan fingerprint density at radius 2 is 1.62 bits per heavy atom. The quantitative estimate of drug-likeness (QED) is 0.481. The molecule has 0 aliphatic rings. The van der Waals surface area contributed by atoms with Crippen LogP contribution in [0.4, 0.5) is 11.4 Å². The Morgan fingerprint density at radius 3 is 2.00 bits per heavy atom. The van der Waals surface area contributed by atoms with Crippen LogP contribution in [0.3, 0.4) is 0 Å². The second kappa shape index (κ2) is 6.41. The van der Waals surface area contributed by atoms with Crippen LogP contribution < -0.4 is 5.32 Å². The van der Waals surface area contributed by atoms with Gasteiger partial charge in [-0.25, -0.2) is 4.79 Å². The maximum atomic E-state index is 11.9. The molecule has 1 aromatic rings. The van der Waals surface area contributed by atoms with Gasteiger partial charge in [0.1, 0.15) is 6.04 Å². The van der Waals surface area contributed by atoms with Gasteiger partial charge < -0.3 is 10.1 Å². The highest BCUT2D eigenvalue weighted by Gasteiger charge is 2.22. The molecule has 1 amide bonds. The first-order valence-corrected chi connectivity index (χ1v) is 5.58. The Hall–Kier alpha value is -3.04. The number of carbonyl (C=O) groups is 2. The molecule has 1 N–H and O–H groups in total. The summed E-state index contributed by atoms with van der Waals surface area (Å²) >= 11 is 0. The number of amides is 1. The molecule has 0 aromatic heterocycles. The number of benzene rings is 1. The number of nitro groups is 2. The number of nitrogens with one attached hydrogen (secondary N) is 1. The summed E-state index contributed by atoms with van der Waals surface area (Å²) in [7, 11) is 1.13. The van der Waals surface area contributed by atoms with E-state index in [0.29, 0.717) is 0 Å². The predicted octanol–water partition coefficient (Wildman–Crippen LogP) is 0.794. The highest BCUT2D eigenvalue weighted by molar-refractivity contribution is 5.97. The minimum absolute atomic E-state index is 0.299. The third-order valence-corrected chi connectivity index (χ3v) is 2.49. The predicted molar refractivity (Wildman–Crippen MR) is 68.7 cm³/mol. The van der Waals surface area contributed by atoms with Crippen molar-refractivity contribution in [2.75, 3.05) is 7.11 Å². The van der Waals surface area contributed by atoms with Crippen molar-refractivity contribution in [3.63, 3.8) is 0 Å². The molecule has 0 bridgehead atoms. The topological polar surface area (TPSA) is 142 Å². The van der Waals surface area contributed by atoms with Gasteiger partial charge in [-0.2, -0.15) is 0 Å². The van der Waals surface area contributed by atoms with Crippen molar-refractivity contribution in [1.29, 1.82) is 0 Å². The Labute approximate surface area is 118 Å². The van der Waals surface area contributed by atoms with E-state index in [2.05, 4.69) is 10.1 Å². The van der Waals surface area contributed by atoms with Gasteiger partial charge in [0.25, 0.3) is 17.3 Å². The molecule has 1 rings (SSSR count). The van der Waals surface area contributed by atoms with E-state index in [1.165, 1.54) is 6.92 Å². The van der Waals surface area contributed by atoms with Gasteiger partial charge in [-0.15, -0.1) is 0 Å². The molecule has 0 saturated heterocycles. The second-order valence-electron chi connectivity index (χ2n) is 3.97. The summed E-state index contributed by atoms with van der Waals surface area (Å²) in [6, 6.07) is 1.50. The number of methoxy groups -OCH3 is 1. The summed E-state index contributed by atoms with van der Waals surface area (Å²) in [4.78, 5) is 42.7. The van der Waals surface area contributed by atoms with Crippen molar-refractivity contribution in [1.82, 2.24) is 5.32 Å². The van der Waals surface area contributed by atoms with Crippen LogP contribution in [0, 0.1) is 20.2 Å². The molecule has 0 saturated carbocycles. The van der Waals surface area contributed by atoms with Gasteiger partial charge in [-0.3, -0.25) is 25.0 Å². The second-order valence-corrected chi connectivity index (χ2v) is 3.97. The van der Waals surface area contributed by atoms with Gasteiger partial charge in [0.2, 0.25) is 0 Å². The first-order valence-electron chi connectivity index (χ1n) is 5.58. The van der Waals surface area contributed by atoms with Crippen LogP contribution in [0.25, 0.3) is 0 Å². The number of carbonyl (C=O) groups excluding carboxylic acids is 2. The van der Waals surface area contributed by atoms with E-state index in [4.69, 9.17) is 0 Å². The number of nitro benzene ring substituents is 2. The van der Waals surface area contributed by atoms with Gasteiger partial charge in [-0.1, -0.05) is 0 Å². The number of rotatable bonds is 5. The van der Waals surface area contributed by atoms with Crippen LogP contribution >= 0.6 is 0 Å². The van der Waals surface area contributed by atoms with Crippen LogP contribution in [0.2, 0.25) is 0 Å². The minimum Gasteiger partial charge on any atom is -0.467 e. The van der Waals surface area contributed by atoms with Crippen LogP contribution in [0.1, 0.15) is 17.3 Å². The van der Waals surface area contributed by atoms with Gasteiger partial charge in [-0.05, 0) is 6.92 Å². The van der Waals surface area contributed by atoms with Gasteiger partial charge >= 0.3 is 5.97 Å². The summed E-state index contributed by atoms with van der Waals surface area (Å²) in [5.41, 5.74) is -1.49. The number of non-ortho nitro benzene ring substituents is 2. The molecule has 21 heavy (non-hydrogen) atoms. The SMILES string of the molecule is COC(=O)[C@H](C)NC(=O)c1cc([N+](=O)[O-])cc([N+](=O)[O-])c1. The standard InChI is InChI=1S/C11H11N3O7/c1-6(11(16)21-2)12-10(15)7-3-8(13(17)18)5-9(4-7)14(19)20/h3-6H,1-2H3,(H,12,15)/t6-/m0/s1. The zero-order chi connectivity index (χ0) is 16.2. The number of ether oxygens (including phenoxy) is 1. The maximum absolute atomic E-state index is 11.9. The number of esters is 1. The van der Waals surface area contributed by atoms with E-state index < -0.39 is 39.1 Å². The lowest BCUT2D eigenvalue weighted by atomic mass is 10.1. The molecular weight excluding hydrogens is 286 g/mol. The molecule has 0 spiro atoms. The largest absolute Gasteiger partial charge is 0.467 e. The van der Waals surface area contributed by atoms with Crippen molar-refractivity contribution < 1.29 is 24.2 Å². The number of hydrogen-bond donors (Lipinski definition) is 1. The average molecular weight is 297 g/mol. The Balaban J connectivity index is 3.11. The smallest absolute Gasteiger partial charge is 0.328 e. The molecule has 10 heteroatoms. The molecular formula is C11H11N3O7. The van der Waals surface area contributed by atoms with Crippen molar-refractivity contribution >= 4 is 23.3 Å². The zero-order valence-electron chi connectivity index (χ0n) is 11.1. The highest BCUT2D eigenvalue weighted by atomic mass is 16.6. The van der Waals surface area contributed by atoms with E-state index in [1.807, 2.05) is 0 Å². The van der Waals surface area contributed by atoms with Crippen LogP contribution in [0.5, 0.6) is 0 Å². The fourth-order valence-electron chi connectivity index (χ4n) is 1.45. The van der Waals surface area contributed by atoms with Gasteiger partial charge in [0.05, 0.1) is 28.6 Å². The third-order valence-electron chi connectivity index (χ3n) is 2.49. The molecule has 0 heterocycles. The summed E-state index contributed by atoms with van der Waals surface area (Å²) in [5.74, 6) is -1.58. The molecule has 1 aromatic carbocycles. The minimum atomic E-state index is -0.999. The number of nitrogens with zero attached hydrogens (tertiary/aromatic N) is 2. The summed E-state index contributed by atoms with van der Waals surface area (Å²) in [5, 5.41) is 23.6. The average Bonchev–Trinajstić information content (AvgIpc) is 2.45. The highest BCUT2D eigenvalue weighted by Crippen LogP contribution is 2.22. The van der Waals surface area contributed by atoms with Gasteiger partial charge in [0.15, 0.2) is 0 Å². The van der Waals surface area contributed by atoms with E-state index in [1.54, 1.807) is 0 Å². The summed E-state index contributed by atoms with van der Waals surface area (Å²) in [6.45, 7) is 1.34. The molecule has 0 aliphatic heterocycles. The fraction of sp³-hybridized carbons (Fsp3) is 0.273. The van der Waals surface area contributed by atoms with E-state index in [-0.39, 0.29) is 5.56 Å². The first kappa shape index (κ1) is 16.0. The normalized spacial score (nSPS) is 11.3. The van der Waals surface area contributed by atoms with Crippen molar-refractivity contribution in [2.24, 2.45) is 0 Å². The lowest BCUT2D eigenvalue weighted by Gasteiger charge is -2.11. The maximum Gasteiger partial charge on any atom is 0.328 e. The number of hydrogen-bond acceptors (Lipinski definition) is 7. The van der Waals surface area contributed by atoms with Crippen molar-refractivity contribution in [3.8, 4) is 0 Å². The third kappa shape index (κ3) is 3.96. The van der Waals surface area contributed by atoms with E-state index in [9.17, 15) is 29.8 Å². The summed E-state index contributed by atoms with van der Waals surface area (Å²) in [6.07, 6.45) is 0. The molecule has 0 radical (unpaired) electrons. The lowest BCUT2D eigenvalue weighted by molar-refractivity contribution is -0.394. The fourth-order valence-corrected chi connectivity index (χ4v) is 1.45. The Morgan fingerprint density at radius 1 is 1.14 bits per heavy atom. The molecule has 112 valence electrons. The Bertz CT molecular complexity index is 582. The molecule has 0 unspecified atom stereocenters. The van der Waals surface area contributed by atoms with Crippen LogP contribution in [0.15, 0.2) is 18.2 Å². The molecule has 10 nitrogen and oxygen atoms in total. The van der Waals surface area contributed by atoms with E-state index in [0.717, 1.165) is 25.3 Å². The first-order chi connectivity index (χ1) is 9.76. The Kier molecular flexibility index (Phi) is 4.89. The monoisotopic (exact) mass is 297 g/mol.